The van der Waals surface area contributed by atoms with Crippen molar-refractivity contribution < 1.29 is 14.4 Å². The van der Waals surface area contributed by atoms with Crippen LogP contribution in [0.4, 0.5) is 0 Å². The first-order valence-corrected chi connectivity index (χ1v) is 3.17. The Morgan fingerprint density at radius 3 is 2.56 bits per heavy atom. The predicted molar refractivity (Wildman–Crippen MR) is 34.1 cm³/mol. The molecule has 1 aliphatic heterocycles. The topological polar surface area (TPSA) is 38.7 Å². The summed E-state index contributed by atoms with van der Waals surface area (Å²) in [5.74, 6) is 0.182. The molecule has 9 heavy (non-hydrogen) atoms. The molecule has 0 amide bonds. The maximum absolute atomic E-state index is 8.62. The lowest BCUT2D eigenvalue weighted by molar-refractivity contribution is 0.0497. The minimum atomic E-state index is -0.0900. The van der Waals surface area contributed by atoms with Crippen LogP contribution in [0.25, 0.3) is 0 Å². The average Bonchev–Trinajstić information content (AvgIpc) is 1.90. The molecule has 0 bridgehead atoms. The number of rotatable bonds is 1. The van der Waals surface area contributed by atoms with E-state index in [1.54, 1.807) is 0 Å². The number of aliphatic hydroxyl groups excluding tert-OH is 1. The summed E-state index contributed by atoms with van der Waals surface area (Å²) in [4.78, 5) is 0. The van der Waals surface area contributed by atoms with Crippen molar-refractivity contribution in [1.29, 1.82) is 0 Å². The molecular weight excluding hydrogens is 119 g/mol. The van der Waals surface area contributed by atoms with Gasteiger partial charge in [-0.2, -0.15) is 0 Å². The highest BCUT2D eigenvalue weighted by Crippen LogP contribution is 2.06. The maximum atomic E-state index is 8.62. The first-order chi connectivity index (χ1) is 4.33. The van der Waals surface area contributed by atoms with Gasteiger partial charge in [-0.05, 0) is 6.82 Å². The van der Waals surface area contributed by atoms with Gasteiger partial charge in [0.15, 0.2) is 0 Å². The molecule has 0 saturated carbocycles. The lowest BCUT2D eigenvalue weighted by atomic mass is 9.92. The molecule has 1 heterocycles. The van der Waals surface area contributed by atoms with Crippen LogP contribution < -0.4 is 0 Å². The summed E-state index contributed by atoms with van der Waals surface area (Å²) < 4.78 is 10.2. The molecule has 1 aliphatic rings. The molecule has 0 aromatic carbocycles. The van der Waals surface area contributed by atoms with Crippen molar-refractivity contribution in [3.63, 3.8) is 0 Å². The van der Waals surface area contributed by atoms with Gasteiger partial charge in [-0.3, -0.25) is 0 Å². The first-order valence-electron chi connectivity index (χ1n) is 3.17. The summed E-state index contributed by atoms with van der Waals surface area (Å²) in [6.07, 6.45) is 0. The molecule has 0 unspecified atom stereocenters. The van der Waals surface area contributed by atoms with E-state index >= 15 is 0 Å². The summed E-state index contributed by atoms with van der Waals surface area (Å²) in [5.41, 5.74) is 0. The zero-order valence-electron chi connectivity index (χ0n) is 5.54. The second kappa shape index (κ2) is 3.20. The van der Waals surface area contributed by atoms with Crippen LogP contribution in [0.1, 0.15) is 0 Å². The van der Waals surface area contributed by atoms with E-state index in [9.17, 15) is 0 Å². The van der Waals surface area contributed by atoms with Crippen LogP contribution in [0.15, 0.2) is 0 Å². The van der Waals surface area contributed by atoms with E-state index in [0.29, 0.717) is 13.2 Å². The Labute approximate surface area is 55.1 Å². The van der Waals surface area contributed by atoms with Crippen molar-refractivity contribution >= 4 is 7.12 Å². The van der Waals surface area contributed by atoms with E-state index < -0.39 is 0 Å². The maximum Gasteiger partial charge on any atom is 0.453 e. The van der Waals surface area contributed by atoms with E-state index in [0.717, 1.165) is 0 Å². The largest absolute Gasteiger partial charge is 0.453 e. The number of hydrogen-bond donors (Lipinski definition) is 1. The van der Waals surface area contributed by atoms with Gasteiger partial charge in [0, 0.05) is 19.1 Å². The van der Waals surface area contributed by atoms with E-state index in [4.69, 9.17) is 14.4 Å². The fraction of sp³-hybridized carbons (Fsp3) is 1.00. The third-order valence-electron chi connectivity index (χ3n) is 1.39. The van der Waals surface area contributed by atoms with Crippen molar-refractivity contribution in [2.24, 2.45) is 5.92 Å². The van der Waals surface area contributed by atoms with Crippen molar-refractivity contribution in [1.82, 2.24) is 0 Å². The summed E-state index contributed by atoms with van der Waals surface area (Å²) in [5, 5.41) is 8.62. The van der Waals surface area contributed by atoms with Crippen LogP contribution in [0.5, 0.6) is 0 Å². The number of aliphatic hydroxyl groups is 1. The number of hydrogen-bond acceptors (Lipinski definition) is 3. The van der Waals surface area contributed by atoms with Gasteiger partial charge in [-0.25, -0.2) is 0 Å². The standard InChI is InChI=1S/C5H11BO3/c1-6-8-3-5(2-7)4-9-6/h5,7H,2-4H2,1H3. The molecule has 0 aromatic rings. The summed E-state index contributed by atoms with van der Waals surface area (Å²) in [7, 11) is -0.0900. The van der Waals surface area contributed by atoms with Crippen LogP contribution in [0.3, 0.4) is 0 Å². The molecule has 1 saturated heterocycles. The van der Waals surface area contributed by atoms with E-state index in [-0.39, 0.29) is 19.6 Å². The molecule has 0 spiro atoms. The molecule has 3 nitrogen and oxygen atoms in total. The van der Waals surface area contributed by atoms with Gasteiger partial charge in [0.2, 0.25) is 0 Å². The fourth-order valence-electron chi connectivity index (χ4n) is 0.745. The lowest BCUT2D eigenvalue weighted by Crippen LogP contribution is -2.34. The van der Waals surface area contributed by atoms with E-state index in [2.05, 4.69) is 0 Å². The predicted octanol–water partition coefficient (Wildman–Crippen LogP) is -0.240. The van der Waals surface area contributed by atoms with Crippen molar-refractivity contribution in [3.8, 4) is 0 Å². The van der Waals surface area contributed by atoms with Crippen molar-refractivity contribution in [2.45, 2.75) is 6.82 Å². The zero-order valence-corrected chi connectivity index (χ0v) is 5.54. The Kier molecular flexibility index (Phi) is 2.51. The Hall–Kier alpha value is -0.0551. The molecule has 1 N–H and O–H groups in total. The van der Waals surface area contributed by atoms with Gasteiger partial charge in [0.1, 0.15) is 0 Å². The Morgan fingerprint density at radius 1 is 1.56 bits per heavy atom. The third kappa shape index (κ3) is 1.97. The van der Waals surface area contributed by atoms with Crippen LogP contribution in [0, 0.1) is 5.92 Å². The highest BCUT2D eigenvalue weighted by Gasteiger charge is 2.21. The van der Waals surface area contributed by atoms with E-state index in [1.165, 1.54) is 0 Å². The van der Waals surface area contributed by atoms with Crippen molar-refractivity contribution in [2.75, 3.05) is 19.8 Å². The van der Waals surface area contributed by atoms with Crippen LogP contribution in [-0.2, 0) is 9.31 Å². The monoisotopic (exact) mass is 130 g/mol. The van der Waals surface area contributed by atoms with Gasteiger partial charge in [-0.15, -0.1) is 0 Å². The Balaban J connectivity index is 2.18. The fourth-order valence-corrected chi connectivity index (χ4v) is 0.745. The van der Waals surface area contributed by atoms with Gasteiger partial charge >= 0.3 is 7.12 Å². The van der Waals surface area contributed by atoms with Crippen LogP contribution in [0.2, 0.25) is 6.82 Å². The third-order valence-corrected chi connectivity index (χ3v) is 1.39. The molecular formula is C5H11BO3. The van der Waals surface area contributed by atoms with Gasteiger partial charge in [0.05, 0.1) is 6.61 Å². The lowest BCUT2D eigenvalue weighted by Gasteiger charge is -2.23. The molecule has 0 aromatic heterocycles. The highest BCUT2D eigenvalue weighted by molar-refractivity contribution is 6.42. The van der Waals surface area contributed by atoms with Gasteiger partial charge in [-0.1, -0.05) is 0 Å². The molecule has 0 radical (unpaired) electrons. The van der Waals surface area contributed by atoms with Crippen LogP contribution >= 0.6 is 0 Å². The Morgan fingerprint density at radius 2 is 2.11 bits per heavy atom. The normalized spacial score (nSPS) is 22.7. The van der Waals surface area contributed by atoms with Gasteiger partial charge in [0.25, 0.3) is 0 Å². The average molecular weight is 130 g/mol. The minimum absolute atomic E-state index is 0.0900. The molecule has 52 valence electrons. The van der Waals surface area contributed by atoms with E-state index in [1.807, 2.05) is 6.82 Å². The first kappa shape index (κ1) is 7.06. The summed E-state index contributed by atoms with van der Waals surface area (Å²) in [6.45, 7) is 3.26. The van der Waals surface area contributed by atoms with Crippen molar-refractivity contribution in [3.05, 3.63) is 0 Å². The summed E-state index contributed by atoms with van der Waals surface area (Å²) >= 11 is 0. The molecule has 0 aliphatic carbocycles. The van der Waals surface area contributed by atoms with Gasteiger partial charge < -0.3 is 14.4 Å². The highest BCUT2D eigenvalue weighted by atomic mass is 16.6. The summed E-state index contributed by atoms with van der Waals surface area (Å²) in [6, 6.07) is 0. The molecule has 0 atom stereocenters. The smallest absolute Gasteiger partial charge is 0.411 e. The molecule has 1 fully saturated rings. The zero-order chi connectivity index (χ0) is 6.69. The minimum Gasteiger partial charge on any atom is -0.411 e. The SMILES string of the molecule is CB1OCC(CO)CO1. The van der Waals surface area contributed by atoms with Crippen LogP contribution in [-0.4, -0.2) is 32.0 Å². The second-order valence-corrected chi connectivity index (χ2v) is 2.28. The Bertz CT molecular complexity index is 80.3. The second-order valence-electron chi connectivity index (χ2n) is 2.28. The molecule has 4 heteroatoms. The quantitative estimate of drug-likeness (QED) is 0.497. The molecule has 1 rings (SSSR count).